The predicted molar refractivity (Wildman–Crippen MR) is 125 cm³/mol. The summed E-state index contributed by atoms with van der Waals surface area (Å²) in [5.74, 6) is 0.0773. The topological polar surface area (TPSA) is 70.5 Å². The molecule has 1 saturated heterocycles. The summed E-state index contributed by atoms with van der Waals surface area (Å²) in [6.45, 7) is 8.21. The molecule has 0 spiro atoms. The fourth-order valence-corrected chi connectivity index (χ4v) is 5.36. The Morgan fingerprint density at radius 3 is 2.56 bits per heavy atom. The number of aryl methyl sites for hydroxylation is 1. The van der Waals surface area contributed by atoms with Crippen molar-refractivity contribution in [3.63, 3.8) is 0 Å². The van der Waals surface area contributed by atoms with E-state index in [9.17, 15) is 9.59 Å². The molecule has 1 N–H and O–H groups in total. The second-order valence-corrected chi connectivity index (χ2v) is 8.97. The lowest BCUT2D eigenvalue weighted by molar-refractivity contribution is -0.138. The molecule has 1 aliphatic heterocycles. The van der Waals surface area contributed by atoms with Crippen molar-refractivity contribution in [1.29, 1.82) is 0 Å². The van der Waals surface area contributed by atoms with Gasteiger partial charge in [-0.3, -0.25) is 14.5 Å². The first-order valence-corrected chi connectivity index (χ1v) is 11.9. The van der Waals surface area contributed by atoms with Gasteiger partial charge in [0.15, 0.2) is 0 Å². The summed E-state index contributed by atoms with van der Waals surface area (Å²) in [6, 6.07) is 9.79. The van der Waals surface area contributed by atoms with E-state index in [-0.39, 0.29) is 18.4 Å². The Morgan fingerprint density at radius 2 is 1.88 bits per heavy atom. The Hall–Kier alpha value is -2.67. The third-order valence-corrected chi connectivity index (χ3v) is 6.95. The van der Waals surface area contributed by atoms with Crippen LogP contribution in [0.3, 0.4) is 0 Å². The smallest absolute Gasteiger partial charge is 0.242 e. The first-order valence-electron chi connectivity index (χ1n) is 11.9. The molecule has 1 aromatic heterocycles. The molecule has 4 rings (SSSR count). The molecule has 2 fully saturated rings. The first-order chi connectivity index (χ1) is 15.5. The summed E-state index contributed by atoms with van der Waals surface area (Å²) < 4.78 is 1.90. The molecule has 32 heavy (non-hydrogen) atoms. The number of para-hydroxylation sites is 1. The van der Waals surface area contributed by atoms with Gasteiger partial charge in [-0.2, -0.15) is 5.10 Å². The number of carbonyl (C=O) groups excluding carboxylic acids is 2. The van der Waals surface area contributed by atoms with E-state index in [1.807, 2.05) is 58.7 Å². The minimum absolute atomic E-state index is 0.0522. The van der Waals surface area contributed by atoms with Crippen molar-refractivity contribution in [2.75, 3.05) is 26.2 Å². The maximum atomic E-state index is 13.4. The summed E-state index contributed by atoms with van der Waals surface area (Å²) in [4.78, 5) is 30.5. The Kier molecular flexibility index (Phi) is 6.94. The zero-order chi connectivity index (χ0) is 22.7. The van der Waals surface area contributed by atoms with Crippen molar-refractivity contribution >= 4 is 11.8 Å². The van der Waals surface area contributed by atoms with E-state index < -0.39 is 6.04 Å². The van der Waals surface area contributed by atoms with Crippen molar-refractivity contribution in [2.24, 2.45) is 0 Å². The molecule has 2 aromatic rings. The predicted octanol–water partition coefficient (Wildman–Crippen LogP) is 3.14. The lowest BCUT2D eigenvalue weighted by Crippen LogP contribution is -2.54. The maximum absolute atomic E-state index is 13.4. The standard InChI is InChI=1S/C25H35N5O2/c1-4-29(20-11-7-5-8-12-20)22(31)17-28-16-15-26-25(32)24(28)23-18(2)27-30(19(23)3)21-13-9-6-10-14-21/h6,9-10,13-14,20,24H,4-5,7-8,11-12,15-17H2,1-3H3,(H,26,32)/t24-/m0/s1. The number of aromatic nitrogens is 2. The van der Waals surface area contributed by atoms with Crippen LogP contribution in [0.1, 0.15) is 62.0 Å². The highest BCUT2D eigenvalue weighted by atomic mass is 16.2. The highest BCUT2D eigenvalue weighted by molar-refractivity contribution is 5.86. The number of hydrogen-bond donors (Lipinski definition) is 1. The summed E-state index contributed by atoms with van der Waals surface area (Å²) in [5, 5.41) is 7.74. The number of amides is 2. The van der Waals surface area contributed by atoms with Crippen molar-refractivity contribution in [1.82, 2.24) is 24.9 Å². The molecule has 1 aromatic carbocycles. The number of rotatable bonds is 6. The number of nitrogens with one attached hydrogen (secondary N) is 1. The van der Waals surface area contributed by atoms with Crippen molar-refractivity contribution in [3.05, 3.63) is 47.3 Å². The van der Waals surface area contributed by atoms with Crippen LogP contribution >= 0.6 is 0 Å². The van der Waals surface area contributed by atoms with Gasteiger partial charge in [-0.05, 0) is 45.7 Å². The lowest BCUT2D eigenvalue weighted by Gasteiger charge is -2.38. The lowest BCUT2D eigenvalue weighted by atomic mass is 9.94. The van der Waals surface area contributed by atoms with Crippen LogP contribution < -0.4 is 5.32 Å². The molecule has 1 atom stereocenters. The summed E-state index contributed by atoms with van der Waals surface area (Å²) >= 11 is 0. The van der Waals surface area contributed by atoms with Crippen LogP contribution in [0.4, 0.5) is 0 Å². The van der Waals surface area contributed by atoms with Gasteiger partial charge in [0, 0.05) is 36.9 Å². The molecule has 0 bridgehead atoms. The van der Waals surface area contributed by atoms with Crippen molar-refractivity contribution < 1.29 is 9.59 Å². The number of likely N-dealkylation sites (N-methyl/N-ethyl adjacent to an activating group) is 1. The van der Waals surface area contributed by atoms with Crippen LogP contribution in [0.25, 0.3) is 5.69 Å². The number of piperazine rings is 1. The third kappa shape index (κ3) is 4.44. The second-order valence-electron chi connectivity index (χ2n) is 8.97. The molecule has 1 aliphatic carbocycles. The van der Waals surface area contributed by atoms with Crippen molar-refractivity contribution in [2.45, 2.75) is 65.0 Å². The van der Waals surface area contributed by atoms with Gasteiger partial charge in [-0.1, -0.05) is 37.5 Å². The zero-order valence-corrected chi connectivity index (χ0v) is 19.5. The van der Waals surface area contributed by atoms with E-state index in [1.54, 1.807) is 0 Å². The molecular weight excluding hydrogens is 402 g/mol. The highest BCUT2D eigenvalue weighted by Crippen LogP contribution is 2.31. The quantitative estimate of drug-likeness (QED) is 0.754. The van der Waals surface area contributed by atoms with Gasteiger partial charge in [-0.15, -0.1) is 0 Å². The Morgan fingerprint density at radius 1 is 1.16 bits per heavy atom. The van der Waals surface area contributed by atoms with Gasteiger partial charge in [-0.25, -0.2) is 4.68 Å². The monoisotopic (exact) mass is 437 g/mol. The molecule has 172 valence electrons. The summed E-state index contributed by atoms with van der Waals surface area (Å²) in [5.41, 5.74) is 3.63. The van der Waals surface area contributed by atoms with Crippen molar-refractivity contribution in [3.8, 4) is 5.69 Å². The minimum Gasteiger partial charge on any atom is -0.353 e. The fraction of sp³-hybridized carbons (Fsp3) is 0.560. The van der Waals surface area contributed by atoms with Crippen LogP contribution in [0, 0.1) is 13.8 Å². The largest absolute Gasteiger partial charge is 0.353 e. The van der Waals surface area contributed by atoms with Gasteiger partial charge in [0.05, 0.1) is 17.9 Å². The van der Waals surface area contributed by atoms with Gasteiger partial charge >= 0.3 is 0 Å². The molecule has 0 unspecified atom stereocenters. The Bertz CT molecular complexity index is 949. The average Bonchev–Trinajstić information content (AvgIpc) is 3.10. The van der Waals surface area contributed by atoms with Crippen LogP contribution in [0.2, 0.25) is 0 Å². The SMILES string of the molecule is CCN(C(=O)CN1CCNC(=O)[C@@H]1c1c(C)nn(-c2ccccc2)c1C)C1CCCCC1. The Balaban J connectivity index is 1.60. The second kappa shape index (κ2) is 9.86. The third-order valence-electron chi connectivity index (χ3n) is 6.95. The van der Waals surface area contributed by atoms with Gasteiger partial charge < -0.3 is 10.2 Å². The van der Waals surface area contributed by atoms with Crippen LogP contribution in [-0.2, 0) is 9.59 Å². The average molecular weight is 438 g/mol. The molecule has 2 heterocycles. The summed E-state index contributed by atoms with van der Waals surface area (Å²) in [7, 11) is 0. The number of benzene rings is 1. The summed E-state index contributed by atoms with van der Waals surface area (Å²) in [6.07, 6.45) is 5.83. The molecule has 7 heteroatoms. The van der Waals surface area contributed by atoms with E-state index in [0.29, 0.717) is 19.1 Å². The number of carbonyl (C=O) groups is 2. The van der Waals surface area contributed by atoms with E-state index in [2.05, 4.69) is 12.2 Å². The normalized spacial score (nSPS) is 20.2. The van der Waals surface area contributed by atoms with E-state index in [4.69, 9.17) is 5.10 Å². The van der Waals surface area contributed by atoms with Crippen LogP contribution in [-0.4, -0.2) is 63.6 Å². The Labute approximate surface area is 190 Å². The molecule has 0 radical (unpaired) electrons. The molecule has 2 amide bonds. The number of nitrogens with zero attached hydrogens (tertiary/aromatic N) is 4. The maximum Gasteiger partial charge on any atom is 0.242 e. The molecular formula is C25H35N5O2. The van der Waals surface area contributed by atoms with Gasteiger partial charge in [0.2, 0.25) is 11.8 Å². The van der Waals surface area contributed by atoms with E-state index in [0.717, 1.165) is 42.0 Å². The molecule has 7 nitrogen and oxygen atoms in total. The highest BCUT2D eigenvalue weighted by Gasteiger charge is 2.37. The van der Waals surface area contributed by atoms with Crippen LogP contribution in [0.15, 0.2) is 30.3 Å². The molecule has 1 saturated carbocycles. The van der Waals surface area contributed by atoms with Gasteiger partial charge in [0.25, 0.3) is 0 Å². The van der Waals surface area contributed by atoms with Gasteiger partial charge in [0.1, 0.15) is 6.04 Å². The molecule has 2 aliphatic rings. The van der Waals surface area contributed by atoms with E-state index >= 15 is 0 Å². The van der Waals surface area contributed by atoms with E-state index in [1.165, 1.54) is 19.3 Å². The fourth-order valence-electron chi connectivity index (χ4n) is 5.36. The minimum atomic E-state index is -0.504. The van der Waals surface area contributed by atoms with Crippen LogP contribution in [0.5, 0.6) is 0 Å². The first kappa shape index (κ1) is 22.5. The zero-order valence-electron chi connectivity index (χ0n) is 19.5. The number of hydrogen-bond acceptors (Lipinski definition) is 4.